The lowest BCUT2D eigenvalue weighted by Crippen LogP contribution is -2.32. The highest BCUT2D eigenvalue weighted by atomic mass is 16.4. The Balaban J connectivity index is 2.32. The number of hydrogen-bond acceptors (Lipinski definition) is 4. The average molecular weight is 212 g/mol. The second kappa shape index (κ2) is 5.08. The number of carbonyl (C=O) groups is 2. The summed E-state index contributed by atoms with van der Waals surface area (Å²) in [4.78, 5) is 22.9. The van der Waals surface area contributed by atoms with Gasteiger partial charge in [0.25, 0.3) is 0 Å². The third-order valence-electron chi connectivity index (χ3n) is 1.82. The Hall–Kier alpha value is -1.92. The molecule has 7 nitrogen and oxygen atoms in total. The molecule has 15 heavy (non-hydrogen) atoms. The van der Waals surface area contributed by atoms with Crippen molar-refractivity contribution in [2.24, 2.45) is 0 Å². The summed E-state index contributed by atoms with van der Waals surface area (Å²) in [6.45, 7) is 0.124. The van der Waals surface area contributed by atoms with Crippen LogP contribution in [0, 0.1) is 0 Å². The normalized spacial score (nSPS) is 9.93. The molecule has 1 amide bonds. The number of carboxylic acid groups (broad SMARTS) is 1. The highest BCUT2D eigenvalue weighted by Gasteiger charge is 2.11. The van der Waals surface area contributed by atoms with E-state index in [1.165, 1.54) is 22.8 Å². The Morgan fingerprint density at radius 3 is 2.80 bits per heavy atom. The summed E-state index contributed by atoms with van der Waals surface area (Å²) in [5.41, 5.74) is 0. The number of aromatic nitrogens is 3. The third kappa shape index (κ3) is 3.75. The fraction of sp³-hybridized carbons (Fsp3) is 0.500. The van der Waals surface area contributed by atoms with Crippen molar-refractivity contribution >= 4 is 11.9 Å². The molecule has 1 aromatic rings. The largest absolute Gasteiger partial charge is 0.480 e. The Kier molecular flexibility index (Phi) is 3.78. The molecule has 1 N–H and O–H groups in total. The Labute approximate surface area is 86.3 Å². The molecule has 0 unspecified atom stereocenters. The molecule has 0 bridgehead atoms. The lowest BCUT2D eigenvalue weighted by molar-refractivity contribution is -0.143. The number of amides is 1. The van der Waals surface area contributed by atoms with Gasteiger partial charge in [0, 0.05) is 19.7 Å². The van der Waals surface area contributed by atoms with E-state index in [4.69, 9.17) is 5.11 Å². The van der Waals surface area contributed by atoms with Crippen molar-refractivity contribution in [2.75, 3.05) is 13.6 Å². The number of hydrogen-bond donors (Lipinski definition) is 1. The van der Waals surface area contributed by atoms with Gasteiger partial charge in [-0.3, -0.25) is 14.3 Å². The molecule has 0 saturated carbocycles. The first-order valence-electron chi connectivity index (χ1n) is 4.39. The molecule has 0 aliphatic rings. The maximum absolute atomic E-state index is 11.4. The molecular weight excluding hydrogens is 200 g/mol. The van der Waals surface area contributed by atoms with Crippen LogP contribution in [0.15, 0.2) is 12.4 Å². The molecule has 0 aromatic carbocycles. The van der Waals surface area contributed by atoms with Crippen molar-refractivity contribution in [2.45, 2.75) is 13.0 Å². The number of aryl methyl sites for hydroxylation is 1. The van der Waals surface area contributed by atoms with Crippen LogP contribution in [0.1, 0.15) is 6.42 Å². The van der Waals surface area contributed by atoms with E-state index in [9.17, 15) is 9.59 Å². The molecule has 0 fully saturated rings. The highest BCUT2D eigenvalue weighted by molar-refractivity contribution is 5.80. The van der Waals surface area contributed by atoms with E-state index in [2.05, 4.69) is 10.3 Å². The zero-order valence-electron chi connectivity index (χ0n) is 8.33. The van der Waals surface area contributed by atoms with E-state index >= 15 is 0 Å². The molecule has 0 atom stereocenters. The zero-order valence-corrected chi connectivity index (χ0v) is 8.33. The Morgan fingerprint density at radius 2 is 2.27 bits per heavy atom. The van der Waals surface area contributed by atoms with Crippen LogP contribution in [0.3, 0.4) is 0 Å². The van der Waals surface area contributed by atoms with Crippen molar-refractivity contribution in [3.63, 3.8) is 0 Å². The van der Waals surface area contributed by atoms with Gasteiger partial charge in [-0.05, 0) is 0 Å². The van der Waals surface area contributed by atoms with Gasteiger partial charge in [-0.2, -0.15) is 0 Å². The number of rotatable bonds is 5. The number of nitrogens with zero attached hydrogens (tertiary/aromatic N) is 4. The smallest absolute Gasteiger partial charge is 0.323 e. The number of likely N-dealkylation sites (N-methyl/N-ethyl adjacent to an activating group) is 1. The molecule has 1 aromatic heterocycles. The fourth-order valence-corrected chi connectivity index (χ4v) is 1.04. The van der Waals surface area contributed by atoms with E-state index in [-0.39, 0.29) is 18.9 Å². The van der Waals surface area contributed by atoms with Gasteiger partial charge >= 0.3 is 5.97 Å². The number of carbonyl (C=O) groups excluding carboxylic acids is 1. The van der Waals surface area contributed by atoms with Crippen molar-refractivity contribution in [1.29, 1.82) is 0 Å². The van der Waals surface area contributed by atoms with Crippen LogP contribution in [0.5, 0.6) is 0 Å². The van der Waals surface area contributed by atoms with Crippen molar-refractivity contribution in [3.8, 4) is 0 Å². The first kappa shape index (κ1) is 11.2. The SMILES string of the molecule is CN(CC(=O)O)C(=O)CCn1ccnn1. The van der Waals surface area contributed by atoms with Crippen LogP contribution in [0.25, 0.3) is 0 Å². The van der Waals surface area contributed by atoms with Crippen LogP contribution in [-0.4, -0.2) is 50.5 Å². The van der Waals surface area contributed by atoms with Gasteiger partial charge < -0.3 is 10.0 Å². The Morgan fingerprint density at radius 1 is 1.53 bits per heavy atom. The quantitative estimate of drug-likeness (QED) is 0.691. The third-order valence-corrected chi connectivity index (χ3v) is 1.82. The highest BCUT2D eigenvalue weighted by Crippen LogP contribution is 1.93. The van der Waals surface area contributed by atoms with Gasteiger partial charge in [0.1, 0.15) is 6.54 Å². The maximum atomic E-state index is 11.4. The summed E-state index contributed by atoms with van der Waals surface area (Å²) in [5.74, 6) is -1.25. The monoisotopic (exact) mass is 212 g/mol. The molecule has 0 saturated heterocycles. The molecule has 0 aliphatic heterocycles. The molecule has 1 heterocycles. The Bertz CT molecular complexity index is 336. The van der Waals surface area contributed by atoms with E-state index in [1.54, 1.807) is 6.20 Å². The lowest BCUT2D eigenvalue weighted by atomic mass is 10.3. The molecule has 0 spiro atoms. The van der Waals surface area contributed by atoms with Gasteiger partial charge in [0.15, 0.2) is 0 Å². The predicted molar refractivity (Wildman–Crippen MR) is 49.9 cm³/mol. The summed E-state index contributed by atoms with van der Waals surface area (Å²) in [7, 11) is 1.46. The van der Waals surface area contributed by atoms with Crippen LogP contribution in [0.2, 0.25) is 0 Å². The van der Waals surface area contributed by atoms with Gasteiger partial charge in [-0.1, -0.05) is 5.21 Å². The van der Waals surface area contributed by atoms with Gasteiger partial charge in [0.2, 0.25) is 5.91 Å². The minimum Gasteiger partial charge on any atom is -0.480 e. The molecule has 1 rings (SSSR count). The average Bonchev–Trinajstić information content (AvgIpc) is 2.65. The summed E-state index contributed by atoms with van der Waals surface area (Å²) >= 11 is 0. The lowest BCUT2D eigenvalue weighted by Gasteiger charge is -2.13. The first-order valence-corrected chi connectivity index (χ1v) is 4.39. The molecule has 82 valence electrons. The van der Waals surface area contributed by atoms with Gasteiger partial charge in [-0.25, -0.2) is 0 Å². The van der Waals surface area contributed by atoms with Crippen molar-refractivity contribution in [3.05, 3.63) is 12.4 Å². The van der Waals surface area contributed by atoms with Gasteiger partial charge in [-0.15, -0.1) is 5.10 Å². The van der Waals surface area contributed by atoms with Crippen LogP contribution < -0.4 is 0 Å². The second-order valence-corrected chi connectivity index (χ2v) is 3.06. The number of carboxylic acids is 1. The number of aliphatic carboxylic acids is 1. The van der Waals surface area contributed by atoms with Crippen LogP contribution >= 0.6 is 0 Å². The summed E-state index contributed by atoms with van der Waals surface area (Å²) < 4.78 is 1.52. The minimum absolute atomic E-state index is 0.215. The fourth-order valence-electron chi connectivity index (χ4n) is 1.04. The van der Waals surface area contributed by atoms with Crippen molar-refractivity contribution in [1.82, 2.24) is 19.9 Å². The van der Waals surface area contributed by atoms with E-state index in [0.717, 1.165) is 0 Å². The molecular formula is C8H12N4O3. The van der Waals surface area contributed by atoms with E-state index in [0.29, 0.717) is 6.54 Å². The van der Waals surface area contributed by atoms with Crippen LogP contribution in [-0.2, 0) is 16.1 Å². The zero-order chi connectivity index (χ0) is 11.3. The molecule has 7 heteroatoms. The topological polar surface area (TPSA) is 88.3 Å². The minimum atomic E-state index is -1.02. The second-order valence-electron chi connectivity index (χ2n) is 3.06. The van der Waals surface area contributed by atoms with Crippen molar-refractivity contribution < 1.29 is 14.7 Å². The van der Waals surface area contributed by atoms with E-state index in [1.807, 2.05) is 0 Å². The predicted octanol–water partition coefficient (Wildman–Crippen LogP) is -0.789. The maximum Gasteiger partial charge on any atom is 0.323 e. The molecule has 0 radical (unpaired) electrons. The molecule has 0 aliphatic carbocycles. The van der Waals surface area contributed by atoms with Gasteiger partial charge in [0.05, 0.1) is 12.7 Å². The van der Waals surface area contributed by atoms with Crippen LogP contribution in [0.4, 0.5) is 0 Å². The summed E-state index contributed by atoms with van der Waals surface area (Å²) in [6, 6.07) is 0. The first-order chi connectivity index (χ1) is 7.09. The van der Waals surface area contributed by atoms with E-state index < -0.39 is 5.97 Å². The summed E-state index contributed by atoms with van der Waals surface area (Å²) in [6.07, 6.45) is 3.38. The standard InChI is InChI=1S/C8H12N4O3/c1-11(6-8(14)15)7(13)2-4-12-5-3-9-10-12/h3,5H,2,4,6H2,1H3,(H,14,15). The summed E-state index contributed by atoms with van der Waals surface area (Å²) in [5, 5.41) is 15.7.